The summed E-state index contributed by atoms with van der Waals surface area (Å²) in [6.45, 7) is 10.8. The van der Waals surface area contributed by atoms with Crippen molar-refractivity contribution in [1.29, 1.82) is 0 Å². The second-order valence-electron chi connectivity index (χ2n) is 5.93. The Labute approximate surface area is 117 Å². The normalized spacial score (nSPS) is 27.2. The van der Waals surface area contributed by atoms with Crippen LogP contribution < -0.4 is 0 Å². The van der Waals surface area contributed by atoms with Gasteiger partial charge in [-0.15, -0.1) is 0 Å². The molecule has 1 aliphatic carbocycles. The van der Waals surface area contributed by atoms with Crippen molar-refractivity contribution < 1.29 is 0 Å². The van der Waals surface area contributed by atoms with E-state index in [4.69, 9.17) is 4.99 Å². The molecule has 1 unspecified atom stereocenters. The zero-order valence-electron chi connectivity index (χ0n) is 12.4. The van der Waals surface area contributed by atoms with E-state index in [1.54, 1.807) is 0 Å². The number of hydrogen-bond donors (Lipinski definition) is 0. The summed E-state index contributed by atoms with van der Waals surface area (Å²) in [5.41, 5.74) is 4.00. The molecule has 0 aromatic heterocycles. The molecule has 1 heteroatoms. The summed E-state index contributed by atoms with van der Waals surface area (Å²) in [6.07, 6.45) is 3.63. The first-order chi connectivity index (χ1) is 9.08. The van der Waals surface area contributed by atoms with Crippen molar-refractivity contribution in [3.63, 3.8) is 0 Å². The Kier molecular flexibility index (Phi) is 4.57. The molecule has 0 heterocycles. The smallest absolute Gasteiger partial charge is 0.0720 e. The highest BCUT2D eigenvalue weighted by atomic mass is 14.8. The summed E-state index contributed by atoms with van der Waals surface area (Å²) in [4.78, 5) is 5.00. The third-order valence-electron chi connectivity index (χ3n) is 4.31. The van der Waals surface area contributed by atoms with Gasteiger partial charge in [-0.1, -0.05) is 49.4 Å². The number of aliphatic imine (C=N–C) groups is 1. The molecule has 1 fully saturated rings. The fourth-order valence-corrected chi connectivity index (χ4v) is 2.83. The highest BCUT2D eigenvalue weighted by Gasteiger charge is 2.24. The van der Waals surface area contributed by atoms with Crippen molar-refractivity contribution in [2.45, 2.75) is 46.1 Å². The second-order valence-corrected chi connectivity index (χ2v) is 5.93. The van der Waals surface area contributed by atoms with Crippen molar-refractivity contribution in [1.82, 2.24) is 0 Å². The van der Waals surface area contributed by atoms with E-state index < -0.39 is 0 Å². The van der Waals surface area contributed by atoms with Gasteiger partial charge in [-0.05, 0) is 50.5 Å². The van der Waals surface area contributed by atoms with Gasteiger partial charge in [0.1, 0.15) is 0 Å². The van der Waals surface area contributed by atoms with Gasteiger partial charge in [0.25, 0.3) is 0 Å². The fraction of sp³-hybridized carbons (Fsp3) is 0.500. The maximum absolute atomic E-state index is 5.00. The van der Waals surface area contributed by atoms with Crippen molar-refractivity contribution >= 4 is 5.71 Å². The molecule has 0 N–H and O–H groups in total. The zero-order valence-corrected chi connectivity index (χ0v) is 12.4. The highest BCUT2D eigenvalue weighted by Crippen LogP contribution is 2.32. The van der Waals surface area contributed by atoms with Crippen LogP contribution in [0.2, 0.25) is 0 Å². The third kappa shape index (κ3) is 3.56. The van der Waals surface area contributed by atoms with E-state index in [1.165, 1.54) is 29.7 Å². The van der Waals surface area contributed by atoms with Crippen LogP contribution in [0.25, 0.3) is 0 Å². The van der Waals surface area contributed by atoms with E-state index in [0.717, 1.165) is 6.42 Å². The van der Waals surface area contributed by atoms with Gasteiger partial charge >= 0.3 is 0 Å². The summed E-state index contributed by atoms with van der Waals surface area (Å²) in [5, 5.41) is 0. The van der Waals surface area contributed by atoms with Gasteiger partial charge in [-0.2, -0.15) is 0 Å². The van der Waals surface area contributed by atoms with Crippen molar-refractivity contribution in [2.24, 2.45) is 16.8 Å². The largest absolute Gasteiger partial charge is 0.286 e. The van der Waals surface area contributed by atoms with Crippen LogP contribution in [0.3, 0.4) is 0 Å². The van der Waals surface area contributed by atoms with Crippen molar-refractivity contribution in [3.8, 4) is 0 Å². The molecule has 1 aromatic rings. The van der Waals surface area contributed by atoms with Crippen LogP contribution in [-0.4, -0.2) is 5.71 Å². The summed E-state index contributed by atoms with van der Waals surface area (Å²) in [6, 6.07) is 10.8. The second kappa shape index (κ2) is 6.18. The number of allylic oxidation sites excluding steroid dienone is 1. The van der Waals surface area contributed by atoms with Gasteiger partial charge in [0.05, 0.1) is 6.04 Å². The predicted octanol–water partition coefficient (Wildman–Crippen LogP) is 5.20. The minimum atomic E-state index is 0.266. The van der Waals surface area contributed by atoms with Gasteiger partial charge in [0.2, 0.25) is 0 Å². The molecule has 0 saturated heterocycles. The molecule has 0 spiro atoms. The first-order valence-electron chi connectivity index (χ1n) is 7.35. The van der Waals surface area contributed by atoms with Crippen LogP contribution in [0, 0.1) is 11.8 Å². The van der Waals surface area contributed by atoms with Gasteiger partial charge in [-0.25, -0.2) is 0 Å². The van der Waals surface area contributed by atoms with Crippen molar-refractivity contribution in [3.05, 3.63) is 48.0 Å². The van der Waals surface area contributed by atoms with Crippen LogP contribution in [0.4, 0.5) is 0 Å². The Balaban J connectivity index is 2.14. The number of hydrogen-bond acceptors (Lipinski definition) is 1. The Morgan fingerprint density at radius 1 is 1.26 bits per heavy atom. The minimum absolute atomic E-state index is 0.266. The van der Waals surface area contributed by atoms with E-state index in [9.17, 15) is 0 Å². The summed E-state index contributed by atoms with van der Waals surface area (Å²) in [7, 11) is 0. The van der Waals surface area contributed by atoms with Gasteiger partial charge < -0.3 is 0 Å². The maximum Gasteiger partial charge on any atom is 0.0720 e. The van der Waals surface area contributed by atoms with E-state index in [2.05, 4.69) is 57.7 Å². The molecule has 1 saturated carbocycles. The Morgan fingerprint density at radius 3 is 2.58 bits per heavy atom. The van der Waals surface area contributed by atoms with E-state index in [0.29, 0.717) is 11.8 Å². The van der Waals surface area contributed by atoms with Crippen LogP contribution in [0.15, 0.2) is 47.5 Å². The molecule has 0 aliphatic heterocycles. The molecule has 19 heavy (non-hydrogen) atoms. The summed E-state index contributed by atoms with van der Waals surface area (Å²) < 4.78 is 0. The van der Waals surface area contributed by atoms with E-state index in [1.807, 2.05) is 0 Å². The maximum atomic E-state index is 5.00. The molecular formula is C18H25N. The van der Waals surface area contributed by atoms with Gasteiger partial charge in [0.15, 0.2) is 0 Å². The molecular weight excluding hydrogens is 230 g/mol. The molecule has 102 valence electrons. The molecule has 0 bridgehead atoms. The van der Waals surface area contributed by atoms with E-state index >= 15 is 0 Å². The lowest BCUT2D eigenvalue weighted by molar-refractivity contribution is 0.461. The monoisotopic (exact) mass is 255 g/mol. The lowest BCUT2D eigenvalue weighted by Gasteiger charge is -2.29. The quantitative estimate of drug-likeness (QED) is 0.658. The molecule has 1 aromatic carbocycles. The molecule has 1 aliphatic rings. The highest BCUT2D eigenvalue weighted by molar-refractivity contribution is 5.88. The van der Waals surface area contributed by atoms with Gasteiger partial charge in [-0.3, -0.25) is 4.99 Å². The van der Waals surface area contributed by atoms with Crippen molar-refractivity contribution in [2.75, 3.05) is 0 Å². The molecule has 2 rings (SSSR count). The Bertz CT molecular complexity index is 458. The van der Waals surface area contributed by atoms with Crippen LogP contribution in [-0.2, 0) is 0 Å². The Morgan fingerprint density at radius 2 is 1.95 bits per heavy atom. The lowest BCUT2D eigenvalue weighted by Crippen LogP contribution is -2.24. The topological polar surface area (TPSA) is 12.4 Å². The van der Waals surface area contributed by atoms with Crippen LogP contribution in [0.5, 0.6) is 0 Å². The molecule has 0 radical (unpaired) electrons. The number of nitrogens with zero attached hydrogens (tertiary/aromatic N) is 1. The van der Waals surface area contributed by atoms with Crippen LogP contribution in [0.1, 0.15) is 51.6 Å². The SMILES string of the molecule is C=C(C)[C@H]1CCC(C)C(=N[C@@H](C)c2ccccc2)C1. The summed E-state index contributed by atoms with van der Waals surface area (Å²) in [5.74, 6) is 1.26. The third-order valence-corrected chi connectivity index (χ3v) is 4.31. The lowest BCUT2D eigenvalue weighted by atomic mass is 9.78. The zero-order chi connectivity index (χ0) is 13.8. The van der Waals surface area contributed by atoms with E-state index in [-0.39, 0.29) is 6.04 Å². The standard InChI is InChI=1S/C18H25N/c1-13(2)17-11-10-14(3)18(12-17)19-15(4)16-8-6-5-7-9-16/h5-9,14-15,17H,1,10-12H2,2-4H3/t14?,15-,17-/m0/s1. The van der Waals surface area contributed by atoms with Gasteiger partial charge in [0, 0.05) is 5.71 Å². The first-order valence-corrected chi connectivity index (χ1v) is 7.35. The summed E-state index contributed by atoms with van der Waals surface area (Å²) >= 11 is 0. The molecule has 3 atom stereocenters. The fourth-order valence-electron chi connectivity index (χ4n) is 2.83. The molecule has 0 amide bonds. The molecule has 1 nitrogen and oxygen atoms in total. The first kappa shape index (κ1) is 14.0. The number of rotatable bonds is 3. The Hall–Kier alpha value is -1.37. The average Bonchev–Trinajstić information content (AvgIpc) is 2.42. The number of benzene rings is 1. The minimum Gasteiger partial charge on any atom is -0.286 e. The van der Waals surface area contributed by atoms with Crippen LogP contribution >= 0.6 is 0 Å². The predicted molar refractivity (Wildman–Crippen MR) is 83.6 cm³/mol. The average molecular weight is 255 g/mol.